The van der Waals surface area contributed by atoms with Crippen molar-refractivity contribution in [1.29, 1.82) is 0 Å². The summed E-state index contributed by atoms with van der Waals surface area (Å²) in [5, 5.41) is 2.55. The van der Waals surface area contributed by atoms with E-state index in [9.17, 15) is 18.0 Å². The van der Waals surface area contributed by atoms with Gasteiger partial charge in [-0.05, 0) is 13.0 Å². The molecule has 0 unspecified atom stereocenters. The third-order valence-corrected chi connectivity index (χ3v) is 6.16. The Balaban J connectivity index is 1.84. The molecule has 2 rings (SSSR count). The van der Waals surface area contributed by atoms with E-state index in [2.05, 4.69) is 10.3 Å². The highest BCUT2D eigenvalue weighted by molar-refractivity contribution is 7.99. The van der Waals surface area contributed by atoms with E-state index in [0.717, 1.165) is 11.5 Å². The van der Waals surface area contributed by atoms with E-state index in [4.69, 9.17) is 0 Å². The minimum Gasteiger partial charge on any atom is -0.356 e. The van der Waals surface area contributed by atoms with Crippen LogP contribution in [0.3, 0.4) is 0 Å². The number of ketones is 1. The Morgan fingerprint density at radius 1 is 1.36 bits per heavy atom. The largest absolute Gasteiger partial charge is 0.356 e. The lowest BCUT2D eigenvalue weighted by atomic mass is 10.2. The number of hydrogen-bond donors (Lipinski definition) is 2. The molecule has 2 N–H and O–H groups in total. The van der Waals surface area contributed by atoms with Crippen molar-refractivity contribution in [2.45, 2.75) is 6.92 Å². The van der Waals surface area contributed by atoms with Crippen LogP contribution in [0.15, 0.2) is 12.3 Å². The van der Waals surface area contributed by atoms with Crippen molar-refractivity contribution in [3.63, 3.8) is 0 Å². The van der Waals surface area contributed by atoms with Crippen molar-refractivity contribution in [3.8, 4) is 0 Å². The number of carbonyl (C=O) groups is 2. The summed E-state index contributed by atoms with van der Waals surface area (Å²) in [5.74, 6) is 0.936. The number of aromatic nitrogens is 1. The number of rotatable bonds is 6. The molecule has 1 aliphatic heterocycles. The van der Waals surface area contributed by atoms with Gasteiger partial charge in [0, 0.05) is 42.9 Å². The minimum atomic E-state index is -3.33. The zero-order chi connectivity index (χ0) is 16.2. The number of sulfonamides is 1. The van der Waals surface area contributed by atoms with Gasteiger partial charge in [0.05, 0.1) is 5.75 Å². The highest BCUT2D eigenvalue weighted by atomic mass is 32.2. The summed E-state index contributed by atoms with van der Waals surface area (Å²) in [6, 6.07) is 1.45. The van der Waals surface area contributed by atoms with E-state index in [1.54, 1.807) is 11.8 Å². The summed E-state index contributed by atoms with van der Waals surface area (Å²) in [6.45, 7) is 2.51. The number of carbonyl (C=O) groups excluding carboxylic acids is 2. The second-order valence-electron chi connectivity index (χ2n) is 4.94. The highest BCUT2D eigenvalue weighted by Gasteiger charge is 2.24. The predicted molar refractivity (Wildman–Crippen MR) is 85.8 cm³/mol. The molecule has 1 saturated heterocycles. The number of Topliss-reactive ketones (excluding diaryl/α,β-unsaturated/α-hetero) is 1. The van der Waals surface area contributed by atoms with Crippen LogP contribution in [0, 0.1) is 0 Å². The van der Waals surface area contributed by atoms with Crippen molar-refractivity contribution in [1.82, 2.24) is 14.6 Å². The van der Waals surface area contributed by atoms with Gasteiger partial charge in [-0.3, -0.25) is 9.59 Å². The van der Waals surface area contributed by atoms with Crippen LogP contribution in [0.4, 0.5) is 0 Å². The number of amides is 1. The van der Waals surface area contributed by atoms with Gasteiger partial charge in [0.25, 0.3) is 5.91 Å². The molecule has 1 aromatic heterocycles. The topological polar surface area (TPSA) is 99.3 Å². The number of H-pyrrole nitrogens is 1. The molecule has 122 valence electrons. The van der Waals surface area contributed by atoms with Crippen molar-refractivity contribution < 1.29 is 18.0 Å². The number of aromatic amines is 1. The van der Waals surface area contributed by atoms with E-state index < -0.39 is 15.9 Å². The Morgan fingerprint density at radius 2 is 2.05 bits per heavy atom. The lowest BCUT2D eigenvalue weighted by Crippen LogP contribution is -2.41. The first kappa shape index (κ1) is 17.0. The quantitative estimate of drug-likeness (QED) is 0.724. The lowest BCUT2D eigenvalue weighted by molar-refractivity contribution is 0.0951. The molecule has 0 saturated carbocycles. The zero-order valence-electron chi connectivity index (χ0n) is 12.3. The van der Waals surface area contributed by atoms with E-state index in [1.165, 1.54) is 23.5 Å². The average molecular weight is 345 g/mol. The minimum absolute atomic E-state index is 0.0409. The van der Waals surface area contributed by atoms with Gasteiger partial charge in [0.1, 0.15) is 5.69 Å². The Hall–Kier alpha value is -1.32. The lowest BCUT2D eigenvalue weighted by Gasteiger charge is -2.25. The second kappa shape index (κ2) is 7.30. The average Bonchev–Trinajstić information content (AvgIpc) is 2.98. The van der Waals surface area contributed by atoms with Crippen molar-refractivity contribution >= 4 is 33.5 Å². The Kier molecular flexibility index (Phi) is 5.65. The van der Waals surface area contributed by atoms with Gasteiger partial charge in [-0.1, -0.05) is 0 Å². The molecule has 0 atom stereocenters. The Morgan fingerprint density at radius 3 is 2.64 bits per heavy atom. The van der Waals surface area contributed by atoms with Crippen LogP contribution in [0.2, 0.25) is 0 Å². The van der Waals surface area contributed by atoms with Gasteiger partial charge in [-0.25, -0.2) is 12.7 Å². The zero-order valence-corrected chi connectivity index (χ0v) is 13.9. The molecular weight excluding hydrogens is 326 g/mol. The Labute approximate surface area is 133 Å². The molecule has 1 aliphatic rings. The van der Waals surface area contributed by atoms with E-state index in [-0.39, 0.29) is 23.8 Å². The summed E-state index contributed by atoms with van der Waals surface area (Å²) in [4.78, 5) is 25.7. The molecule has 0 aromatic carbocycles. The summed E-state index contributed by atoms with van der Waals surface area (Å²) >= 11 is 1.74. The third kappa shape index (κ3) is 4.34. The van der Waals surface area contributed by atoms with Crippen LogP contribution in [-0.4, -0.2) is 66.3 Å². The maximum Gasteiger partial charge on any atom is 0.267 e. The van der Waals surface area contributed by atoms with Crippen LogP contribution in [0.25, 0.3) is 0 Å². The molecule has 22 heavy (non-hydrogen) atoms. The number of nitrogens with zero attached hydrogens (tertiary/aromatic N) is 1. The molecule has 7 nitrogen and oxygen atoms in total. The second-order valence-corrected chi connectivity index (χ2v) is 8.25. The number of hydrogen-bond acceptors (Lipinski definition) is 5. The fraction of sp³-hybridized carbons (Fsp3) is 0.538. The molecule has 1 aromatic rings. The van der Waals surface area contributed by atoms with Crippen molar-refractivity contribution in [2.75, 3.05) is 36.9 Å². The molecule has 0 aliphatic carbocycles. The van der Waals surface area contributed by atoms with Crippen LogP contribution < -0.4 is 5.32 Å². The molecule has 0 bridgehead atoms. The standard InChI is InChI=1S/C13H19N3O4S2/c1-10(17)11-8-12(15-9-11)13(18)14-2-7-22(19,20)16-3-5-21-6-4-16/h8-9,15H,2-7H2,1H3,(H,14,18). The summed E-state index contributed by atoms with van der Waals surface area (Å²) in [6.07, 6.45) is 1.46. The first-order valence-corrected chi connectivity index (χ1v) is 9.69. The van der Waals surface area contributed by atoms with E-state index in [0.29, 0.717) is 18.7 Å². The summed E-state index contributed by atoms with van der Waals surface area (Å²) in [7, 11) is -3.33. The van der Waals surface area contributed by atoms with Gasteiger partial charge in [0.15, 0.2) is 5.78 Å². The van der Waals surface area contributed by atoms with Gasteiger partial charge in [-0.2, -0.15) is 11.8 Å². The molecule has 0 radical (unpaired) electrons. The molecule has 2 heterocycles. The maximum absolute atomic E-state index is 12.1. The third-order valence-electron chi connectivity index (χ3n) is 3.34. The monoisotopic (exact) mass is 345 g/mol. The normalized spacial score (nSPS) is 16.4. The van der Waals surface area contributed by atoms with Crippen molar-refractivity contribution in [3.05, 3.63) is 23.5 Å². The predicted octanol–water partition coefficient (Wildman–Crippen LogP) is 0.326. The molecule has 0 spiro atoms. The van der Waals surface area contributed by atoms with Crippen LogP contribution >= 0.6 is 11.8 Å². The first-order valence-electron chi connectivity index (χ1n) is 6.93. The van der Waals surface area contributed by atoms with Gasteiger partial charge in [0.2, 0.25) is 10.0 Å². The fourth-order valence-electron chi connectivity index (χ4n) is 2.07. The molecule has 1 amide bonds. The van der Waals surface area contributed by atoms with Gasteiger partial charge >= 0.3 is 0 Å². The van der Waals surface area contributed by atoms with Crippen LogP contribution in [0.5, 0.6) is 0 Å². The number of thioether (sulfide) groups is 1. The first-order chi connectivity index (χ1) is 10.4. The molecular formula is C13H19N3O4S2. The Bertz CT molecular complexity index is 648. The summed E-state index contributed by atoms with van der Waals surface area (Å²) < 4.78 is 25.7. The van der Waals surface area contributed by atoms with Crippen LogP contribution in [-0.2, 0) is 10.0 Å². The fourth-order valence-corrected chi connectivity index (χ4v) is 4.56. The number of nitrogens with one attached hydrogen (secondary N) is 2. The van der Waals surface area contributed by atoms with E-state index >= 15 is 0 Å². The van der Waals surface area contributed by atoms with Crippen molar-refractivity contribution in [2.24, 2.45) is 0 Å². The molecule has 1 fully saturated rings. The SMILES string of the molecule is CC(=O)c1c[nH]c(C(=O)NCCS(=O)(=O)N2CCSCC2)c1. The smallest absolute Gasteiger partial charge is 0.267 e. The maximum atomic E-state index is 12.1. The van der Waals surface area contributed by atoms with Gasteiger partial charge in [-0.15, -0.1) is 0 Å². The van der Waals surface area contributed by atoms with Gasteiger partial charge < -0.3 is 10.3 Å². The molecule has 9 heteroatoms. The van der Waals surface area contributed by atoms with Crippen LogP contribution in [0.1, 0.15) is 27.8 Å². The van der Waals surface area contributed by atoms with E-state index in [1.807, 2.05) is 0 Å². The summed E-state index contributed by atoms with van der Waals surface area (Å²) in [5.41, 5.74) is 0.667. The highest BCUT2D eigenvalue weighted by Crippen LogP contribution is 2.13.